The monoisotopic (exact) mass is 1250 g/mol. The van der Waals surface area contributed by atoms with Crippen molar-refractivity contribution in [1.29, 1.82) is 0 Å². The molecule has 0 atom stereocenters. The lowest BCUT2D eigenvalue weighted by Gasteiger charge is -2.26. The Morgan fingerprint density at radius 3 is 0.765 bits per heavy atom. The number of benzene rings is 15. The zero-order valence-electron chi connectivity index (χ0n) is 52.9. The van der Waals surface area contributed by atoms with Gasteiger partial charge in [-0.2, -0.15) is 0 Å². The highest BCUT2D eigenvalue weighted by molar-refractivity contribution is 6.41. The van der Waals surface area contributed by atoms with Gasteiger partial charge in [0, 0.05) is 127 Å². The molecule has 5 heterocycles. The Morgan fingerprint density at radius 2 is 0.459 bits per heavy atom. The van der Waals surface area contributed by atoms with Crippen molar-refractivity contribution in [1.82, 2.24) is 18.8 Å². The molecule has 0 N–H and O–H groups in total. The molecule has 8 heteroatoms. The normalized spacial score (nSPS) is 12.1. The summed E-state index contributed by atoms with van der Waals surface area (Å²) in [6, 6.07) is 123. The quantitative estimate of drug-likeness (QED) is 0.121. The summed E-state index contributed by atoms with van der Waals surface area (Å²) in [7, 11) is 0. The minimum Gasteiger partial charge on any atom is -0.310 e. The average Bonchev–Trinajstić information content (AvgIpc) is 1.49. The van der Waals surface area contributed by atoms with E-state index < -0.39 is 0 Å². The number of hydrogen-bond donors (Lipinski definition) is 0. The van der Waals surface area contributed by atoms with E-state index in [0.29, 0.717) is 0 Å². The van der Waals surface area contributed by atoms with E-state index in [1.807, 2.05) is 0 Å². The molecule has 21 rings (SSSR count). The molecule has 16 aromatic carbocycles. The van der Waals surface area contributed by atoms with Crippen LogP contribution in [0.2, 0.25) is 0 Å². The second-order valence-electron chi connectivity index (χ2n) is 25.7. The van der Waals surface area contributed by atoms with E-state index in [0.717, 1.165) is 177 Å². The molecule has 0 aliphatic rings. The third-order valence-electron chi connectivity index (χ3n) is 20.3. The van der Waals surface area contributed by atoms with E-state index >= 15 is 0 Å². The number of rotatable bonds is 12. The highest BCUT2D eigenvalue weighted by Crippen LogP contribution is 2.55. The molecule has 5 aromatic heterocycles. The Balaban J connectivity index is 0.985. The molecular formula is C90H56N8. The van der Waals surface area contributed by atoms with Crippen molar-refractivity contribution in [2.75, 3.05) is 19.6 Å². The molecule has 0 bridgehead atoms. The molecule has 0 aliphatic heterocycles. The van der Waals surface area contributed by atoms with Crippen LogP contribution in [0.5, 0.6) is 0 Å². The van der Waals surface area contributed by atoms with Crippen molar-refractivity contribution < 1.29 is 0 Å². The first-order chi connectivity index (χ1) is 48.7. The Bertz CT molecular complexity index is 6090. The van der Waals surface area contributed by atoms with E-state index in [-0.39, 0.29) is 0 Å². The van der Waals surface area contributed by atoms with Gasteiger partial charge >= 0.3 is 0 Å². The predicted octanol–water partition coefficient (Wildman–Crippen LogP) is 24.7. The topological polar surface area (TPSA) is 47.6 Å². The molecule has 98 heavy (non-hydrogen) atoms. The largest absolute Gasteiger partial charge is 0.310 e. The maximum atomic E-state index is 6.16. The van der Waals surface area contributed by atoms with Crippen molar-refractivity contribution in [2.24, 2.45) is 0 Å². The van der Waals surface area contributed by atoms with Gasteiger partial charge in [0.05, 0.1) is 44.1 Å². The maximum Gasteiger partial charge on any atom is 0.100 e. The van der Waals surface area contributed by atoms with Gasteiger partial charge in [-0.3, -0.25) is 0 Å². The summed E-state index contributed by atoms with van der Waals surface area (Å²) in [4.78, 5) is 21.9. The second-order valence-corrected chi connectivity index (χ2v) is 25.7. The molecule has 0 spiro atoms. The Kier molecular flexibility index (Phi) is 11.7. The highest BCUT2D eigenvalue weighted by atomic mass is 15.2. The average molecular weight is 1250 g/mol. The molecule has 0 radical (unpaired) electrons. The summed E-state index contributed by atoms with van der Waals surface area (Å²) in [5.74, 6) is 0. The smallest absolute Gasteiger partial charge is 0.100 e. The van der Waals surface area contributed by atoms with E-state index in [2.05, 4.69) is 368 Å². The predicted molar refractivity (Wildman–Crippen MR) is 411 cm³/mol. The van der Waals surface area contributed by atoms with Crippen LogP contribution in [0.25, 0.3) is 120 Å². The summed E-state index contributed by atoms with van der Waals surface area (Å²) < 4.78 is 5.20. The fraction of sp³-hybridized carbons (Fsp3) is 0. The number of anilines is 12. The molecule has 21 aromatic rings. The lowest BCUT2D eigenvalue weighted by atomic mass is 10.00. The van der Waals surface area contributed by atoms with Crippen LogP contribution in [0.3, 0.4) is 0 Å². The Hall–Kier alpha value is -13.3. The van der Waals surface area contributed by atoms with Crippen molar-refractivity contribution >= 4 is 188 Å². The first kappa shape index (κ1) is 54.1. The molecule has 8 nitrogen and oxygen atoms in total. The fourth-order valence-corrected chi connectivity index (χ4v) is 16.3. The van der Waals surface area contributed by atoms with Gasteiger partial charge in [-0.15, -0.1) is 0 Å². The molecule has 0 amide bonds. The third-order valence-corrected chi connectivity index (χ3v) is 20.3. The zero-order chi connectivity index (χ0) is 64.1. The molecule has 0 saturated carbocycles. The van der Waals surface area contributed by atoms with Crippen molar-refractivity contribution in [3.63, 3.8) is 0 Å². The molecule has 0 saturated heterocycles. The Morgan fingerprint density at radius 1 is 0.184 bits per heavy atom. The lowest BCUT2D eigenvalue weighted by molar-refractivity contribution is 1.28. The van der Waals surface area contributed by atoms with Crippen molar-refractivity contribution in [3.05, 3.63) is 340 Å². The van der Waals surface area contributed by atoms with Gasteiger partial charge in [-0.1, -0.05) is 182 Å². The second kappa shape index (κ2) is 21.1. The van der Waals surface area contributed by atoms with Crippen molar-refractivity contribution in [2.45, 2.75) is 0 Å². The van der Waals surface area contributed by atoms with Crippen LogP contribution < -0.4 is 19.6 Å². The molecule has 0 aliphatic carbocycles. The van der Waals surface area contributed by atoms with Gasteiger partial charge in [-0.05, 0) is 163 Å². The SMILES string of the molecule is c1ccc(N(c2ccccc2)c2ccc3c(c2)c2cc(N(c4ccccc4)c4ccccc4)cc4c5c6nc7c8cccc9cccc(c7nc6c6c7cc(N(c%10ccccc%10)c%10ccccc%10)cc%10c%11cc(N(c%12ccccc%12)c%12ccccc%12)ccc%11n(c%107)c6c5n3c24)c98)cc1. The number of para-hydroxylation sites is 8. The van der Waals surface area contributed by atoms with Crippen LogP contribution >= 0.6 is 0 Å². The van der Waals surface area contributed by atoms with Crippen LogP contribution in [-0.2, 0) is 0 Å². The summed E-state index contributed by atoms with van der Waals surface area (Å²) in [5.41, 5.74) is 22.8. The first-order valence-electron chi connectivity index (χ1n) is 33.5. The fourth-order valence-electron chi connectivity index (χ4n) is 16.3. The van der Waals surface area contributed by atoms with E-state index in [1.54, 1.807) is 0 Å². The van der Waals surface area contributed by atoms with E-state index in [4.69, 9.17) is 9.97 Å². The lowest BCUT2D eigenvalue weighted by Crippen LogP contribution is -2.10. The standard InChI is InChI=1S/C90H56N8/c1-9-29-58(30-10-1)93(59-31-11-2-12-32-59)66-47-49-78-72(51-66)74-53-68(95(62-37-17-5-18-38-62)63-39-19-6-20-40-63)55-76-81-85-86(92-84-71-46-26-28-57-27-25-45-70(80(57)71)83(84)91-85)82-77-56-69(96(64-41-21-7-22-42-64)65-43-23-8-24-44-65)54-75-73-52-67(94(60-33-13-3-14-34-60)61-35-15-4-16-36-61)48-50-79(73)98(88(75)77)90(82)89(81)97(78)87(74)76/h1-56H. The zero-order valence-corrected chi connectivity index (χ0v) is 52.9. The molecule has 0 fully saturated rings. The molecule has 0 unspecified atom stereocenters. The van der Waals surface area contributed by atoms with Gasteiger partial charge in [-0.25, -0.2) is 9.97 Å². The van der Waals surface area contributed by atoms with Crippen LogP contribution in [0, 0.1) is 0 Å². The number of hydrogen-bond acceptors (Lipinski definition) is 6. The highest BCUT2D eigenvalue weighted by Gasteiger charge is 2.33. The van der Waals surface area contributed by atoms with Gasteiger partial charge in [0.15, 0.2) is 0 Å². The van der Waals surface area contributed by atoms with Crippen LogP contribution in [0.4, 0.5) is 68.2 Å². The third kappa shape index (κ3) is 7.88. The summed E-state index contributed by atoms with van der Waals surface area (Å²) in [5, 5.41) is 13.4. The van der Waals surface area contributed by atoms with Crippen molar-refractivity contribution in [3.8, 4) is 0 Å². The number of nitrogens with zero attached hydrogens (tertiary/aromatic N) is 8. The minimum atomic E-state index is 0.861. The van der Waals surface area contributed by atoms with Gasteiger partial charge in [0.25, 0.3) is 0 Å². The van der Waals surface area contributed by atoms with E-state index in [9.17, 15) is 0 Å². The minimum absolute atomic E-state index is 0.861. The van der Waals surface area contributed by atoms with Gasteiger partial charge in [0.2, 0.25) is 0 Å². The number of fused-ring (bicyclic) bond motifs is 19. The molecule has 456 valence electrons. The summed E-state index contributed by atoms with van der Waals surface area (Å²) in [6.45, 7) is 0. The summed E-state index contributed by atoms with van der Waals surface area (Å²) in [6.07, 6.45) is 0. The summed E-state index contributed by atoms with van der Waals surface area (Å²) >= 11 is 0. The van der Waals surface area contributed by atoms with E-state index in [1.165, 1.54) is 10.8 Å². The first-order valence-corrected chi connectivity index (χ1v) is 33.5. The van der Waals surface area contributed by atoms with Gasteiger partial charge in [0.1, 0.15) is 11.0 Å². The van der Waals surface area contributed by atoms with Gasteiger partial charge < -0.3 is 28.4 Å². The molecular weight excluding hydrogens is 1190 g/mol. The maximum absolute atomic E-state index is 6.16. The van der Waals surface area contributed by atoms with Crippen LogP contribution in [-0.4, -0.2) is 18.8 Å². The van der Waals surface area contributed by atoms with Crippen LogP contribution in [0.1, 0.15) is 0 Å². The number of aromatic nitrogens is 4. The van der Waals surface area contributed by atoms with Crippen LogP contribution in [0.15, 0.2) is 340 Å². The Labute approximate surface area is 562 Å².